The molecule has 1 aliphatic heterocycles. The van der Waals surface area contributed by atoms with Crippen molar-refractivity contribution in [2.24, 2.45) is 0 Å². The predicted molar refractivity (Wildman–Crippen MR) is 112 cm³/mol. The molecule has 0 aliphatic carbocycles. The molecule has 1 aliphatic rings. The van der Waals surface area contributed by atoms with E-state index in [9.17, 15) is 19.7 Å². The van der Waals surface area contributed by atoms with Crippen molar-refractivity contribution in [3.63, 3.8) is 0 Å². The third-order valence-electron chi connectivity index (χ3n) is 4.86. The molecular weight excluding hydrogens is 392 g/mol. The standard InChI is InChI=1S/C20H30N4O6/c1-12-7-8-14(22-19(26)30-20(2,3)4)11-23(12)18(25)13-9-15(24(27)28)17(21-5)16(10-13)29-6/h9-10,12,14,21H,7-8,11H2,1-6H3,(H,22,26)/t12-,14+/m0/s1. The van der Waals surface area contributed by atoms with E-state index in [0.29, 0.717) is 12.8 Å². The quantitative estimate of drug-likeness (QED) is 0.552. The highest BCUT2D eigenvalue weighted by Gasteiger charge is 2.33. The number of benzene rings is 1. The van der Waals surface area contributed by atoms with Crippen molar-refractivity contribution in [1.29, 1.82) is 0 Å². The number of nitrogens with zero attached hydrogens (tertiary/aromatic N) is 2. The van der Waals surface area contributed by atoms with E-state index in [1.807, 2.05) is 6.92 Å². The molecule has 1 aromatic carbocycles. The monoisotopic (exact) mass is 422 g/mol. The molecule has 0 bridgehead atoms. The first-order chi connectivity index (χ1) is 14.0. The number of nitro groups is 1. The lowest BCUT2D eigenvalue weighted by Gasteiger charge is -2.38. The number of rotatable bonds is 5. The first-order valence-electron chi connectivity index (χ1n) is 9.81. The molecule has 1 aromatic rings. The van der Waals surface area contributed by atoms with Crippen LogP contribution in [0.2, 0.25) is 0 Å². The molecule has 1 saturated heterocycles. The third kappa shape index (κ3) is 5.52. The zero-order chi connectivity index (χ0) is 22.6. The number of hydrogen-bond acceptors (Lipinski definition) is 7. The van der Waals surface area contributed by atoms with E-state index >= 15 is 0 Å². The minimum absolute atomic E-state index is 0.0804. The number of alkyl carbamates (subject to hydrolysis) is 1. The van der Waals surface area contributed by atoms with Gasteiger partial charge in [0.1, 0.15) is 11.4 Å². The fourth-order valence-corrected chi connectivity index (χ4v) is 3.43. The average molecular weight is 422 g/mol. The Hall–Kier alpha value is -3.04. The molecule has 1 fully saturated rings. The summed E-state index contributed by atoms with van der Waals surface area (Å²) < 4.78 is 10.5. The molecule has 1 heterocycles. The number of carbonyl (C=O) groups is 2. The van der Waals surface area contributed by atoms with Crippen molar-refractivity contribution in [3.8, 4) is 5.75 Å². The largest absolute Gasteiger partial charge is 0.494 e. The maximum absolute atomic E-state index is 13.2. The third-order valence-corrected chi connectivity index (χ3v) is 4.86. The lowest BCUT2D eigenvalue weighted by Crippen LogP contribution is -2.53. The van der Waals surface area contributed by atoms with Gasteiger partial charge < -0.3 is 25.0 Å². The van der Waals surface area contributed by atoms with Crippen LogP contribution in [0.4, 0.5) is 16.2 Å². The normalized spacial score (nSPS) is 19.1. The van der Waals surface area contributed by atoms with Crippen LogP contribution in [-0.2, 0) is 4.74 Å². The zero-order valence-electron chi connectivity index (χ0n) is 18.3. The number of methoxy groups -OCH3 is 1. The van der Waals surface area contributed by atoms with Crippen LogP contribution in [-0.4, -0.2) is 60.2 Å². The van der Waals surface area contributed by atoms with E-state index in [4.69, 9.17) is 9.47 Å². The van der Waals surface area contributed by atoms with Crippen molar-refractivity contribution in [1.82, 2.24) is 10.2 Å². The number of anilines is 1. The van der Waals surface area contributed by atoms with Crippen molar-refractivity contribution in [2.75, 3.05) is 26.0 Å². The molecule has 166 valence electrons. The van der Waals surface area contributed by atoms with E-state index < -0.39 is 16.6 Å². The summed E-state index contributed by atoms with van der Waals surface area (Å²) in [6, 6.07) is 2.38. The van der Waals surface area contributed by atoms with Gasteiger partial charge in [0.05, 0.1) is 17.6 Å². The van der Waals surface area contributed by atoms with Gasteiger partial charge in [-0.3, -0.25) is 14.9 Å². The molecule has 10 heteroatoms. The Bertz CT molecular complexity index is 820. The molecule has 2 amide bonds. The number of nitrogens with one attached hydrogen (secondary N) is 2. The van der Waals surface area contributed by atoms with Gasteiger partial charge in [-0.15, -0.1) is 0 Å². The topological polar surface area (TPSA) is 123 Å². The van der Waals surface area contributed by atoms with Crippen LogP contribution in [0, 0.1) is 10.1 Å². The summed E-state index contributed by atoms with van der Waals surface area (Å²) in [4.78, 5) is 37.8. The van der Waals surface area contributed by atoms with Crippen molar-refractivity contribution >= 4 is 23.4 Å². The molecule has 10 nitrogen and oxygen atoms in total. The Morgan fingerprint density at radius 3 is 2.47 bits per heavy atom. The smallest absolute Gasteiger partial charge is 0.407 e. The van der Waals surface area contributed by atoms with Crippen LogP contribution < -0.4 is 15.4 Å². The van der Waals surface area contributed by atoms with Crippen molar-refractivity contribution in [2.45, 2.75) is 58.2 Å². The molecule has 2 rings (SSSR count). The van der Waals surface area contributed by atoms with E-state index in [1.165, 1.54) is 19.2 Å². The van der Waals surface area contributed by atoms with Crippen LogP contribution in [0.5, 0.6) is 5.75 Å². The fraction of sp³-hybridized carbons (Fsp3) is 0.600. The second-order valence-electron chi connectivity index (χ2n) is 8.31. The Morgan fingerprint density at radius 1 is 1.27 bits per heavy atom. The zero-order valence-corrected chi connectivity index (χ0v) is 18.3. The van der Waals surface area contributed by atoms with Gasteiger partial charge in [-0.05, 0) is 46.6 Å². The van der Waals surface area contributed by atoms with Gasteiger partial charge in [0.2, 0.25) is 0 Å². The first kappa shape index (κ1) is 23.2. The highest BCUT2D eigenvalue weighted by Crippen LogP contribution is 2.36. The van der Waals surface area contributed by atoms with E-state index in [0.717, 1.165) is 0 Å². The number of amides is 2. The fourth-order valence-electron chi connectivity index (χ4n) is 3.43. The summed E-state index contributed by atoms with van der Waals surface area (Å²) in [6.07, 6.45) is 0.844. The molecule has 0 spiro atoms. The number of hydrogen-bond donors (Lipinski definition) is 2. The SMILES string of the molecule is CNc1c(OC)cc(C(=O)N2C[C@H](NC(=O)OC(C)(C)C)CC[C@@H]2C)cc1[N+](=O)[O-]. The van der Waals surface area contributed by atoms with Crippen LogP contribution >= 0.6 is 0 Å². The minimum atomic E-state index is -0.619. The number of piperidine rings is 1. The van der Waals surface area contributed by atoms with E-state index in [2.05, 4.69) is 10.6 Å². The molecule has 0 saturated carbocycles. The summed E-state index contributed by atoms with van der Waals surface area (Å²) in [5, 5.41) is 17.0. The summed E-state index contributed by atoms with van der Waals surface area (Å²) in [6.45, 7) is 7.53. The second kappa shape index (κ2) is 9.19. The number of ether oxygens (including phenoxy) is 2. The van der Waals surface area contributed by atoms with Crippen LogP contribution in [0.1, 0.15) is 50.9 Å². The number of carbonyl (C=O) groups excluding carboxylic acids is 2. The van der Waals surface area contributed by atoms with Gasteiger partial charge >= 0.3 is 6.09 Å². The maximum atomic E-state index is 13.2. The van der Waals surface area contributed by atoms with Gasteiger partial charge in [0, 0.05) is 31.7 Å². The van der Waals surface area contributed by atoms with Gasteiger partial charge in [-0.25, -0.2) is 4.79 Å². The first-order valence-corrected chi connectivity index (χ1v) is 9.81. The molecule has 0 unspecified atom stereocenters. The summed E-state index contributed by atoms with van der Waals surface area (Å²) >= 11 is 0. The van der Waals surface area contributed by atoms with Crippen LogP contribution in [0.15, 0.2) is 12.1 Å². The lowest BCUT2D eigenvalue weighted by molar-refractivity contribution is -0.384. The summed E-state index contributed by atoms with van der Waals surface area (Å²) in [7, 11) is 2.93. The number of nitro benzene ring substituents is 1. The summed E-state index contributed by atoms with van der Waals surface area (Å²) in [5.74, 6) is -0.148. The van der Waals surface area contributed by atoms with E-state index in [-0.39, 0.29) is 47.2 Å². The highest BCUT2D eigenvalue weighted by molar-refractivity contribution is 5.97. The molecule has 0 radical (unpaired) electrons. The van der Waals surface area contributed by atoms with Gasteiger partial charge in [0.15, 0.2) is 5.69 Å². The molecule has 30 heavy (non-hydrogen) atoms. The minimum Gasteiger partial charge on any atom is -0.494 e. The van der Waals surface area contributed by atoms with Gasteiger partial charge in [-0.2, -0.15) is 0 Å². The van der Waals surface area contributed by atoms with Gasteiger partial charge in [0.25, 0.3) is 11.6 Å². The molecular formula is C20H30N4O6. The second-order valence-corrected chi connectivity index (χ2v) is 8.31. The van der Waals surface area contributed by atoms with Crippen LogP contribution in [0.25, 0.3) is 0 Å². The van der Waals surface area contributed by atoms with E-state index in [1.54, 1.807) is 32.7 Å². The predicted octanol–water partition coefficient (Wildman–Crippen LogP) is 3.16. The van der Waals surface area contributed by atoms with Gasteiger partial charge in [-0.1, -0.05) is 0 Å². The molecule has 2 N–H and O–H groups in total. The number of likely N-dealkylation sites (tertiary alicyclic amines) is 1. The Labute approximate surface area is 176 Å². The Balaban J connectivity index is 2.25. The van der Waals surface area contributed by atoms with Crippen molar-refractivity contribution in [3.05, 3.63) is 27.8 Å². The lowest BCUT2D eigenvalue weighted by atomic mass is 9.98. The summed E-state index contributed by atoms with van der Waals surface area (Å²) in [5.41, 5.74) is -0.502. The molecule has 2 atom stereocenters. The average Bonchev–Trinajstić information content (AvgIpc) is 2.66. The van der Waals surface area contributed by atoms with Crippen molar-refractivity contribution < 1.29 is 24.0 Å². The Kier molecular flexibility index (Phi) is 7.12. The Morgan fingerprint density at radius 2 is 1.93 bits per heavy atom. The maximum Gasteiger partial charge on any atom is 0.407 e. The molecule has 0 aromatic heterocycles. The highest BCUT2D eigenvalue weighted by atomic mass is 16.6. The van der Waals surface area contributed by atoms with Crippen LogP contribution in [0.3, 0.4) is 0 Å².